The van der Waals surface area contributed by atoms with Crippen molar-refractivity contribution in [2.45, 2.75) is 72.9 Å². The molecule has 6 heteroatoms. The highest BCUT2D eigenvalue weighted by molar-refractivity contribution is 7.99. The monoisotopic (exact) mass is 303 g/mol. The molecule has 0 aromatic heterocycles. The van der Waals surface area contributed by atoms with Crippen molar-refractivity contribution in [3.05, 3.63) is 0 Å². The second-order valence-corrected chi connectivity index (χ2v) is 3.92. The summed E-state index contributed by atoms with van der Waals surface area (Å²) in [6.45, 7) is 13.9. The number of carbonyl (C=O) groups excluding carboxylic acids is 2. The predicted molar refractivity (Wildman–Crippen MR) is 97.1 cm³/mol. The van der Waals surface area contributed by atoms with Gasteiger partial charge in [-0.15, -0.1) is 0 Å². The lowest BCUT2D eigenvalue weighted by molar-refractivity contribution is -0.132. The molecule has 1 heterocycles. The zero-order valence-electron chi connectivity index (χ0n) is 15.6. The Labute approximate surface area is 135 Å². The first kappa shape index (κ1) is 27.9. The molecule has 0 bridgehead atoms. The van der Waals surface area contributed by atoms with Crippen LogP contribution in [0, 0.1) is 0 Å². The van der Waals surface area contributed by atoms with Gasteiger partial charge in [0, 0.05) is 14.8 Å². The van der Waals surface area contributed by atoms with E-state index in [0.29, 0.717) is 12.8 Å². The fourth-order valence-corrected chi connectivity index (χ4v) is 1.53. The van der Waals surface area contributed by atoms with Gasteiger partial charge in [-0.25, -0.2) is 0 Å². The Morgan fingerprint density at radius 1 is 1.30 bits per heavy atom. The van der Waals surface area contributed by atoms with Gasteiger partial charge in [-0.05, 0) is 14.0 Å². The molecule has 2 amide bonds. The lowest BCUT2D eigenvalue weighted by Crippen LogP contribution is -2.42. The SMILES string of the molecule is CC.CC.CCC.CSC1CCC(=O)NC1=O.[3H][B]C.[B]. The van der Waals surface area contributed by atoms with Crippen molar-refractivity contribution in [1.82, 2.24) is 5.32 Å². The summed E-state index contributed by atoms with van der Waals surface area (Å²) in [7, 11) is 1.25. The van der Waals surface area contributed by atoms with Crippen LogP contribution in [0.2, 0.25) is 6.82 Å². The fourth-order valence-electron chi connectivity index (χ4n) is 0.899. The first-order valence-electron chi connectivity index (χ1n) is 7.67. The molecule has 3 nitrogen and oxygen atoms in total. The van der Waals surface area contributed by atoms with E-state index < -0.39 is 0 Å². The summed E-state index contributed by atoms with van der Waals surface area (Å²) in [6, 6.07) is 0. The number of nitrogens with one attached hydrogen (secondary N) is 1. The van der Waals surface area contributed by atoms with Gasteiger partial charge in [0.2, 0.25) is 11.8 Å². The molecule has 1 rings (SSSR count). The molecular weight excluding hydrogens is 268 g/mol. The van der Waals surface area contributed by atoms with E-state index in [-0.39, 0.29) is 25.5 Å². The third-order valence-electron chi connectivity index (χ3n) is 1.47. The van der Waals surface area contributed by atoms with Crippen LogP contribution in [-0.4, -0.2) is 40.9 Å². The molecule has 0 spiro atoms. The van der Waals surface area contributed by atoms with Crippen LogP contribution >= 0.6 is 11.8 Å². The van der Waals surface area contributed by atoms with Crippen LogP contribution in [0.3, 0.4) is 0 Å². The number of thioether (sulfide) groups is 1. The third kappa shape index (κ3) is 22.8. The number of hydrogen-bond acceptors (Lipinski definition) is 3. The molecule has 0 saturated carbocycles. The van der Waals surface area contributed by atoms with Gasteiger partial charge in [0.05, 0.1) is 13.1 Å². The van der Waals surface area contributed by atoms with E-state index in [1.807, 2.05) is 34.0 Å². The van der Waals surface area contributed by atoms with Crippen molar-refractivity contribution >= 4 is 39.8 Å². The maximum atomic E-state index is 10.9. The Balaban J connectivity index is -0.0000000660. The Hall–Kier alpha value is -0.380. The van der Waals surface area contributed by atoms with E-state index in [4.69, 9.17) is 1.34 Å². The Morgan fingerprint density at radius 2 is 1.65 bits per heavy atom. The van der Waals surface area contributed by atoms with Crippen LogP contribution in [0.1, 0.15) is 60.8 Å². The molecule has 0 aromatic carbocycles. The lowest BCUT2D eigenvalue weighted by atomic mass is 10.1. The molecule has 1 aliphatic heterocycles. The molecule has 0 aromatic rings. The van der Waals surface area contributed by atoms with Crippen molar-refractivity contribution in [2.75, 3.05) is 6.26 Å². The van der Waals surface area contributed by atoms with Crippen molar-refractivity contribution in [3.8, 4) is 0 Å². The van der Waals surface area contributed by atoms with Crippen LogP contribution in [0.5, 0.6) is 0 Å². The highest BCUT2D eigenvalue weighted by Gasteiger charge is 2.24. The molecule has 1 N–H and O–H groups in total. The van der Waals surface area contributed by atoms with E-state index in [9.17, 15) is 9.59 Å². The number of carbonyl (C=O) groups is 2. The van der Waals surface area contributed by atoms with Crippen LogP contribution in [-0.2, 0) is 9.59 Å². The summed E-state index contributed by atoms with van der Waals surface area (Å²) in [5, 5.41) is 2.27. The van der Waals surface area contributed by atoms with Gasteiger partial charge in [-0.1, -0.05) is 54.8 Å². The minimum absolute atomic E-state index is 0. The van der Waals surface area contributed by atoms with Crippen molar-refractivity contribution in [3.63, 3.8) is 0 Å². The normalized spacial score (nSPS) is 15.4. The number of imide groups is 1. The van der Waals surface area contributed by atoms with E-state index in [2.05, 4.69) is 19.2 Å². The minimum atomic E-state index is -0.143. The van der Waals surface area contributed by atoms with Crippen molar-refractivity contribution < 1.29 is 9.59 Å². The largest absolute Gasteiger partial charge is 0.295 e. The number of amides is 2. The smallest absolute Gasteiger partial charge is 0.239 e. The molecule has 1 fully saturated rings. The first-order valence-corrected chi connectivity index (χ1v) is 8.38. The molecule has 20 heavy (non-hydrogen) atoms. The summed E-state index contributed by atoms with van der Waals surface area (Å²) >= 11 is 1.49. The van der Waals surface area contributed by atoms with Gasteiger partial charge < -0.3 is 0 Å². The molecule has 0 aliphatic carbocycles. The molecular formula is C14H33B2NO2S. The Kier molecular flexibility index (Phi) is 43.4. The lowest BCUT2D eigenvalue weighted by Gasteiger charge is -2.17. The van der Waals surface area contributed by atoms with E-state index in [0.717, 1.165) is 0 Å². The van der Waals surface area contributed by atoms with Gasteiger partial charge in [-0.2, -0.15) is 11.8 Å². The number of rotatable bonds is 1. The summed E-state index contributed by atoms with van der Waals surface area (Å²) in [4.78, 5) is 21.5. The van der Waals surface area contributed by atoms with Gasteiger partial charge in [0.1, 0.15) is 0 Å². The molecule has 1 unspecified atom stereocenters. The van der Waals surface area contributed by atoms with Gasteiger partial charge in [0.25, 0.3) is 0 Å². The summed E-state index contributed by atoms with van der Waals surface area (Å²) in [5.74, 6) is -0.279. The maximum Gasteiger partial charge on any atom is 0.239 e. The van der Waals surface area contributed by atoms with E-state index in [1.165, 1.54) is 26.0 Å². The topological polar surface area (TPSA) is 46.2 Å². The standard InChI is InChI=1S/C6H9NO2S.C3H8.2C2H6.CH4B.B/c1-10-4-2-3-5(8)7-6(4)9;1-3-2;3*1-2;/h4H,2-3H2,1H3,(H,7,8,9);3H2,1-2H3;2*1-2H3;2H,1H3;/i;;;;2T;. The van der Waals surface area contributed by atoms with Crippen LogP contribution < -0.4 is 5.32 Å². The second-order valence-electron chi connectivity index (χ2n) is 2.88. The van der Waals surface area contributed by atoms with Crippen LogP contribution in [0.4, 0.5) is 0 Å². The Morgan fingerprint density at radius 3 is 1.90 bits per heavy atom. The quantitative estimate of drug-likeness (QED) is 0.598. The van der Waals surface area contributed by atoms with Crippen molar-refractivity contribution in [1.29, 1.82) is 1.34 Å². The predicted octanol–water partition coefficient (Wildman–Crippen LogP) is 3.18. The van der Waals surface area contributed by atoms with Gasteiger partial charge in [0.15, 0.2) is 0 Å². The summed E-state index contributed by atoms with van der Waals surface area (Å²) in [5.41, 5.74) is 0. The molecule has 1 saturated heterocycles. The highest BCUT2D eigenvalue weighted by atomic mass is 32.2. The van der Waals surface area contributed by atoms with Gasteiger partial charge in [-0.3, -0.25) is 14.9 Å². The zero-order chi connectivity index (χ0) is 17.0. The maximum absolute atomic E-state index is 10.9. The van der Waals surface area contributed by atoms with Crippen molar-refractivity contribution in [2.24, 2.45) is 0 Å². The molecule has 1 aliphatic rings. The molecule has 118 valence electrons. The minimum Gasteiger partial charge on any atom is -0.295 e. The van der Waals surface area contributed by atoms with E-state index >= 15 is 0 Å². The van der Waals surface area contributed by atoms with Gasteiger partial charge >= 0.3 is 0 Å². The Bertz CT molecular complexity index is 209. The number of piperidine rings is 1. The zero-order valence-corrected chi connectivity index (χ0v) is 15.4. The fraction of sp³-hybridized carbons (Fsp3) is 0.857. The molecule has 4 radical (unpaired) electrons. The summed E-state index contributed by atoms with van der Waals surface area (Å²) < 4.78 is 6.08. The third-order valence-corrected chi connectivity index (χ3v) is 2.49. The van der Waals surface area contributed by atoms with Crippen LogP contribution in [0.15, 0.2) is 0 Å². The second kappa shape index (κ2) is 31.2. The van der Waals surface area contributed by atoms with E-state index in [1.54, 1.807) is 6.82 Å². The summed E-state index contributed by atoms with van der Waals surface area (Å²) in [6.07, 6.45) is 4.29. The highest BCUT2D eigenvalue weighted by Crippen LogP contribution is 2.16. The average Bonchev–Trinajstić information content (AvgIpc) is 2.45. The van der Waals surface area contributed by atoms with Crippen LogP contribution in [0.25, 0.3) is 0 Å². The average molecular weight is 303 g/mol. The number of hydrogen-bond donors (Lipinski definition) is 1. The first-order chi connectivity index (χ1) is 9.56. The molecule has 1 atom stereocenters.